The third-order valence-electron chi connectivity index (χ3n) is 4.68. The number of aryl methyl sites for hydroxylation is 2. The first-order chi connectivity index (χ1) is 12.1. The second kappa shape index (κ2) is 8.03. The van der Waals surface area contributed by atoms with E-state index in [4.69, 9.17) is 4.74 Å². The lowest BCUT2D eigenvalue weighted by molar-refractivity contribution is 0.0981. The van der Waals surface area contributed by atoms with E-state index in [-0.39, 0.29) is 6.61 Å². The van der Waals surface area contributed by atoms with Gasteiger partial charge in [0.2, 0.25) is 0 Å². The summed E-state index contributed by atoms with van der Waals surface area (Å²) >= 11 is 1.52. The minimum absolute atomic E-state index is 0.138. The Kier molecular flexibility index (Phi) is 6.42. The Labute approximate surface area is 159 Å². The fourth-order valence-electron chi connectivity index (χ4n) is 3.06. The van der Waals surface area contributed by atoms with Gasteiger partial charge in [-0.25, -0.2) is 9.37 Å². The number of nitrogens with zero attached hydrogens (tertiary/aromatic N) is 2. The quantitative estimate of drug-likeness (QED) is 0.753. The molecular weight excluding hydrogens is 351 g/mol. The predicted octanol–water partition coefficient (Wildman–Crippen LogP) is 3.94. The van der Waals surface area contributed by atoms with Crippen LogP contribution < -0.4 is 4.74 Å². The maximum atomic E-state index is 13.9. The number of benzene rings is 1. The average Bonchev–Trinajstić information content (AvgIpc) is 3.00. The zero-order valence-corrected chi connectivity index (χ0v) is 17.3. The number of aliphatic hydroxyl groups excluding tert-OH is 1. The van der Waals surface area contributed by atoms with Crippen molar-refractivity contribution in [3.8, 4) is 5.75 Å². The molecule has 0 spiro atoms. The van der Waals surface area contributed by atoms with Crippen molar-refractivity contribution in [2.24, 2.45) is 0 Å². The molecule has 0 aliphatic carbocycles. The topological polar surface area (TPSA) is 45.6 Å². The highest BCUT2D eigenvalue weighted by Gasteiger charge is 2.41. The number of aromatic nitrogens is 1. The van der Waals surface area contributed by atoms with Crippen molar-refractivity contribution in [3.05, 3.63) is 45.4 Å². The largest absolute Gasteiger partial charge is 0.496 e. The highest BCUT2D eigenvalue weighted by Crippen LogP contribution is 2.41. The summed E-state index contributed by atoms with van der Waals surface area (Å²) in [7, 11) is 5.46. The van der Waals surface area contributed by atoms with Gasteiger partial charge < -0.3 is 9.84 Å². The molecule has 1 aromatic heterocycles. The number of rotatable bonds is 8. The lowest BCUT2D eigenvalue weighted by atomic mass is 9.86. The second-order valence-electron chi connectivity index (χ2n) is 7.46. The summed E-state index contributed by atoms with van der Waals surface area (Å²) < 4.78 is 19.5. The average molecular weight is 381 g/mol. The molecule has 1 aromatic carbocycles. The summed E-state index contributed by atoms with van der Waals surface area (Å²) in [5, 5.41) is 13.2. The molecule has 1 N–H and O–H groups in total. The second-order valence-corrected chi connectivity index (χ2v) is 8.32. The van der Waals surface area contributed by atoms with Crippen LogP contribution in [0, 0.1) is 6.92 Å². The minimum atomic E-state index is -1.22. The number of ether oxygens (including phenoxy) is 1. The van der Waals surface area contributed by atoms with Gasteiger partial charge >= 0.3 is 0 Å². The molecule has 26 heavy (non-hydrogen) atoms. The molecule has 0 amide bonds. The first-order valence-electron chi connectivity index (χ1n) is 8.71. The van der Waals surface area contributed by atoms with Gasteiger partial charge in [-0.2, -0.15) is 0 Å². The summed E-state index contributed by atoms with van der Waals surface area (Å²) in [4.78, 5) is 6.61. The van der Waals surface area contributed by atoms with E-state index in [1.807, 2.05) is 49.5 Å². The molecule has 2 aromatic rings. The number of alkyl halides is 1. The van der Waals surface area contributed by atoms with Gasteiger partial charge in [0.25, 0.3) is 0 Å². The molecule has 1 unspecified atom stereocenters. The normalized spacial score (nSPS) is 14.5. The summed E-state index contributed by atoms with van der Waals surface area (Å²) in [6.45, 7) is 4.98. The van der Waals surface area contributed by atoms with Gasteiger partial charge in [0.05, 0.1) is 13.7 Å². The zero-order chi connectivity index (χ0) is 19.5. The molecule has 0 fully saturated rings. The summed E-state index contributed by atoms with van der Waals surface area (Å²) in [6, 6.07) is 5.86. The monoisotopic (exact) mass is 380 g/mol. The van der Waals surface area contributed by atoms with Gasteiger partial charge in [-0.05, 0) is 65.4 Å². The number of halogens is 1. The molecule has 1 atom stereocenters. The number of hydrogen-bond acceptors (Lipinski definition) is 5. The van der Waals surface area contributed by atoms with E-state index in [0.717, 1.165) is 21.8 Å². The van der Waals surface area contributed by atoms with E-state index < -0.39 is 11.2 Å². The fraction of sp³-hybridized carbons (Fsp3) is 0.550. The van der Waals surface area contributed by atoms with Crippen molar-refractivity contribution in [2.75, 3.05) is 27.8 Å². The molecule has 0 saturated heterocycles. The first-order valence-corrected chi connectivity index (χ1v) is 9.59. The molecule has 1 heterocycles. The highest BCUT2D eigenvalue weighted by molar-refractivity contribution is 7.09. The van der Waals surface area contributed by atoms with Crippen LogP contribution in [0.1, 0.15) is 42.1 Å². The molecule has 0 bridgehead atoms. The summed E-state index contributed by atoms with van der Waals surface area (Å²) in [6.07, 6.45) is 1.05. The van der Waals surface area contributed by atoms with Crippen LogP contribution in [0.15, 0.2) is 23.6 Å². The van der Waals surface area contributed by atoms with E-state index in [9.17, 15) is 9.50 Å². The van der Waals surface area contributed by atoms with Gasteiger partial charge in [0, 0.05) is 16.6 Å². The van der Waals surface area contributed by atoms with Crippen molar-refractivity contribution < 1.29 is 14.2 Å². The third kappa shape index (κ3) is 4.24. The van der Waals surface area contributed by atoms with Crippen LogP contribution in [-0.4, -0.2) is 48.5 Å². The van der Waals surface area contributed by atoms with E-state index in [1.165, 1.54) is 11.3 Å². The number of thiazole rings is 1. The van der Waals surface area contributed by atoms with E-state index in [0.29, 0.717) is 18.6 Å². The number of hydrogen-bond donors (Lipinski definition) is 1. The van der Waals surface area contributed by atoms with Gasteiger partial charge in [0.1, 0.15) is 22.0 Å². The number of likely N-dealkylation sites (N-methyl/N-ethyl adjacent to an activating group) is 1. The van der Waals surface area contributed by atoms with Crippen molar-refractivity contribution in [1.29, 1.82) is 0 Å². The van der Waals surface area contributed by atoms with Crippen LogP contribution >= 0.6 is 11.3 Å². The lowest BCUT2D eigenvalue weighted by Crippen LogP contribution is -2.46. The van der Waals surface area contributed by atoms with E-state index >= 15 is 0 Å². The van der Waals surface area contributed by atoms with Crippen LogP contribution in [0.2, 0.25) is 0 Å². The van der Waals surface area contributed by atoms with Crippen LogP contribution in [0.5, 0.6) is 5.75 Å². The number of aliphatic hydroxyl groups is 1. The van der Waals surface area contributed by atoms with Gasteiger partial charge in [-0.15, -0.1) is 11.3 Å². The SMILES string of the molecule is COc1ccc(CCC(C)(C)F)cc1C(CO)(c1nc(C)cs1)N(C)C. The number of methoxy groups -OCH3 is 1. The van der Waals surface area contributed by atoms with Crippen LogP contribution in [0.3, 0.4) is 0 Å². The highest BCUT2D eigenvalue weighted by atomic mass is 32.1. The molecule has 0 radical (unpaired) electrons. The molecular formula is C20H29FN2O2S. The van der Waals surface area contributed by atoms with Crippen molar-refractivity contribution in [2.45, 2.75) is 44.8 Å². The summed E-state index contributed by atoms with van der Waals surface area (Å²) in [5.41, 5.74) is 0.739. The van der Waals surface area contributed by atoms with E-state index in [2.05, 4.69) is 4.98 Å². The van der Waals surface area contributed by atoms with Gasteiger partial charge in [-0.1, -0.05) is 6.07 Å². The zero-order valence-electron chi connectivity index (χ0n) is 16.5. The standard InChI is InChI=1S/C20H29FN2O2S/c1-14-12-26-18(22-14)20(13-24,23(4)5)16-11-15(7-8-17(16)25-6)9-10-19(2,3)21/h7-8,11-12,24H,9-10,13H2,1-6H3. The third-order valence-corrected chi connectivity index (χ3v) is 5.79. The van der Waals surface area contributed by atoms with Crippen LogP contribution in [0.4, 0.5) is 4.39 Å². The Morgan fingerprint density at radius 1 is 1.31 bits per heavy atom. The Balaban J connectivity index is 2.59. The van der Waals surface area contributed by atoms with Crippen LogP contribution in [0.25, 0.3) is 0 Å². The molecule has 0 aliphatic heterocycles. The molecule has 4 nitrogen and oxygen atoms in total. The maximum Gasteiger partial charge on any atom is 0.125 e. The maximum absolute atomic E-state index is 13.9. The molecule has 0 saturated carbocycles. The van der Waals surface area contributed by atoms with Crippen molar-refractivity contribution >= 4 is 11.3 Å². The Morgan fingerprint density at radius 2 is 2.00 bits per heavy atom. The minimum Gasteiger partial charge on any atom is -0.496 e. The van der Waals surface area contributed by atoms with Crippen LogP contribution in [-0.2, 0) is 12.0 Å². The first kappa shape index (κ1) is 20.8. The lowest BCUT2D eigenvalue weighted by Gasteiger charge is -2.38. The molecule has 144 valence electrons. The summed E-state index contributed by atoms with van der Waals surface area (Å²) in [5.74, 6) is 0.684. The Hall–Kier alpha value is -1.50. The van der Waals surface area contributed by atoms with E-state index in [1.54, 1.807) is 21.0 Å². The Bertz CT molecular complexity index is 740. The van der Waals surface area contributed by atoms with Crippen molar-refractivity contribution in [1.82, 2.24) is 9.88 Å². The molecule has 6 heteroatoms. The van der Waals surface area contributed by atoms with Gasteiger partial charge in [-0.3, -0.25) is 4.90 Å². The smallest absolute Gasteiger partial charge is 0.125 e. The predicted molar refractivity (Wildman–Crippen MR) is 105 cm³/mol. The van der Waals surface area contributed by atoms with Crippen molar-refractivity contribution in [3.63, 3.8) is 0 Å². The van der Waals surface area contributed by atoms with Gasteiger partial charge in [0.15, 0.2) is 0 Å². The molecule has 0 aliphatic rings. The fourth-order valence-corrected chi connectivity index (χ4v) is 4.14. The molecule has 2 rings (SSSR count). The Morgan fingerprint density at radius 3 is 2.46 bits per heavy atom.